The van der Waals surface area contributed by atoms with Gasteiger partial charge in [0.25, 0.3) is 0 Å². The topological polar surface area (TPSA) is 0 Å². The minimum atomic E-state index is -1.94. The lowest BCUT2D eigenvalue weighted by atomic mass is 10.7. The standard InChI is InChI=1S/C3H2Cl3F/c1-2(7)3(4,5)6/h1H2. The van der Waals surface area contributed by atoms with Crippen molar-refractivity contribution in [3.8, 4) is 0 Å². The number of hydrogen-bond donors (Lipinski definition) is 0. The summed E-state index contributed by atoms with van der Waals surface area (Å²) in [7, 11) is 0. The van der Waals surface area contributed by atoms with Crippen LogP contribution >= 0.6 is 34.8 Å². The highest BCUT2D eigenvalue weighted by atomic mass is 35.6. The van der Waals surface area contributed by atoms with E-state index >= 15 is 0 Å². The molecule has 0 fully saturated rings. The largest absolute Gasteiger partial charge is 0.241 e. The zero-order chi connectivity index (χ0) is 6.08. The fourth-order valence-corrected chi connectivity index (χ4v) is 0. The predicted molar refractivity (Wildman–Crippen MR) is 30.5 cm³/mol. The third-order valence-corrected chi connectivity index (χ3v) is 0.923. The first-order valence-corrected chi connectivity index (χ1v) is 2.49. The second-order valence-corrected chi connectivity index (χ2v) is 3.18. The SMILES string of the molecule is C=C(F)C(Cl)(Cl)Cl. The van der Waals surface area contributed by atoms with Gasteiger partial charge in [0.05, 0.1) is 0 Å². The molecule has 0 aromatic heterocycles. The van der Waals surface area contributed by atoms with Crippen molar-refractivity contribution in [3.63, 3.8) is 0 Å². The Morgan fingerprint density at radius 2 is 1.57 bits per heavy atom. The lowest BCUT2D eigenvalue weighted by Gasteiger charge is -2.03. The fraction of sp³-hybridized carbons (Fsp3) is 0.333. The molecule has 0 unspecified atom stereocenters. The van der Waals surface area contributed by atoms with Crippen molar-refractivity contribution in [2.75, 3.05) is 0 Å². The maximum absolute atomic E-state index is 11.6. The molecular formula is C3H2Cl3F. The highest BCUT2D eigenvalue weighted by Crippen LogP contribution is 2.33. The van der Waals surface area contributed by atoms with Gasteiger partial charge in [-0.25, -0.2) is 4.39 Å². The van der Waals surface area contributed by atoms with Crippen LogP contribution in [0.15, 0.2) is 12.4 Å². The Morgan fingerprint density at radius 3 is 1.57 bits per heavy atom. The molecule has 0 aliphatic carbocycles. The predicted octanol–water partition coefficient (Wildman–Crippen LogP) is 2.84. The highest BCUT2D eigenvalue weighted by Gasteiger charge is 2.23. The third kappa shape index (κ3) is 3.15. The zero-order valence-corrected chi connectivity index (χ0v) is 5.49. The summed E-state index contributed by atoms with van der Waals surface area (Å²) in [5.74, 6) is -0.961. The van der Waals surface area contributed by atoms with Crippen LogP contribution in [0.4, 0.5) is 4.39 Å². The quantitative estimate of drug-likeness (QED) is 0.482. The average molecular weight is 163 g/mol. The molecule has 0 radical (unpaired) electrons. The number of allylic oxidation sites excluding steroid dienone is 1. The van der Waals surface area contributed by atoms with Gasteiger partial charge in [0.2, 0.25) is 3.79 Å². The molecular weight excluding hydrogens is 161 g/mol. The first-order valence-electron chi connectivity index (χ1n) is 1.36. The molecule has 42 valence electrons. The Labute approximate surface area is 55.9 Å². The molecule has 7 heavy (non-hydrogen) atoms. The lowest BCUT2D eigenvalue weighted by molar-refractivity contribution is 0.624. The number of rotatable bonds is 0. The minimum Gasteiger partial charge on any atom is -0.208 e. The van der Waals surface area contributed by atoms with E-state index in [0.717, 1.165) is 0 Å². The summed E-state index contributed by atoms with van der Waals surface area (Å²) in [5, 5.41) is 0. The molecule has 0 spiro atoms. The zero-order valence-electron chi connectivity index (χ0n) is 3.22. The average Bonchev–Trinajstić information content (AvgIpc) is 1.31. The highest BCUT2D eigenvalue weighted by molar-refractivity contribution is 6.69. The first-order chi connectivity index (χ1) is 2.94. The lowest BCUT2D eigenvalue weighted by Crippen LogP contribution is -1.99. The molecule has 0 rings (SSSR count). The van der Waals surface area contributed by atoms with Gasteiger partial charge in [0, 0.05) is 0 Å². The van der Waals surface area contributed by atoms with Crippen LogP contribution in [0.3, 0.4) is 0 Å². The summed E-state index contributed by atoms with van der Waals surface area (Å²) in [6.45, 7) is 2.76. The first kappa shape index (κ1) is 7.54. The smallest absolute Gasteiger partial charge is 0.208 e. The molecule has 0 aliphatic heterocycles. The van der Waals surface area contributed by atoms with Gasteiger partial charge >= 0.3 is 0 Å². The Morgan fingerprint density at radius 1 is 1.43 bits per heavy atom. The maximum atomic E-state index is 11.6. The molecule has 0 aliphatic rings. The monoisotopic (exact) mass is 162 g/mol. The van der Waals surface area contributed by atoms with E-state index in [9.17, 15) is 4.39 Å². The van der Waals surface area contributed by atoms with Crippen molar-refractivity contribution in [3.05, 3.63) is 12.4 Å². The van der Waals surface area contributed by atoms with E-state index in [0.29, 0.717) is 0 Å². The van der Waals surface area contributed by atoms with Crippen LogP contribution in [-0.4, -0.2) is 3.79 Å². The molecule has 0 bridgehead atoms. The Hall–Kier alpha value is 0.540. The molecule has 0 aromatic rings. The van der Waals surface area contributed by atoms with Gasteiger partial charge in [0.1, 0.15) is 5.83 Å². The van der Waals surface area contributed by atoms with E-state index in [4.69, 9.17) is 34.8 Å². The fourth-order valence-electron chi connectivity index (χ4n) is 0. The second-order valence-electron chi connectivity index (χ2n) is 0.903. The normalized spacial score (nSPS) is 11.4. The van der Waals surface area contributed by atoms with E-state index < -0.39 is 9.62 Å². The van der Waals surface area contributed by atoms with Crippen LogP contribution in [0.1, 0.15) is 0 Å². The van der Waals surface area contributed by atoms with Crippen LogP contribution in [0.2, 0.25) is 0 Å². The van der Waals surface area contributed by atoms with E-state index in [-0.39, 0.29) is 0 Å². The number of hydrogen-bond acceptors (Lipinski definition) is 0. The van der Waals surface area contributed by atoms with Gasteiger partial charge in [-0.05, 0) is 0 Å². The van der Waals surface area contributed by atoms with Gasteiger partial charge in [-0.2, -0.15) is 0 Å². The minimum absolute atomic E-state index is 0.961. The number of halogens is 4. The van der Waals surface area contributed by atoms with Crippen molar-refractivity contribution in [1.82, 2.24) is 0 Å². The molecule has 0 heterocycles. The third-order valence-electron chi connectivity index (χ3n) is 0.308. The van der Waals surface area contributed by atoms with E-state index in [1.54, 1.807) is 0 Å². The molecule has 0 nitrogen and oxygen atoms in total. The van der Waals surface area contributed by atoms with Gasteiger partial charge in [0.15, 0.2) is 0 Å². The molecule has 0 N–H and O–H groups in total. The summed E-state index contributed by atoms with van der Waals surface area (Å²) in [6.07, 6.45) is 0. The molecule has 0 atom stereocenters. The number of alkyl halides is 3. The van der Waals surface area contributed by atoms with Gasteiger partial charge in [-0.15, -0.1) is 0 Å². The molecule has 0 saturated heterocycles. The summed E-state index contributed by atoms with van der Waals surface area (Å²) < 4.78 is 9.67. The van der Waals surface area contributed by atoms with Gasteiger partial charge in [-0.1, -0.05) is 41.4 Å². The van der Waals surface area contributed by atoms with Crippen LogP contribution in [-0.2, 0) is 0 Å². The van der Waals surface area contributed by atoms with E-state index in [2.05, 4.69) is 6.58 Å². The van der Waals surface area contributed by atoms with Crippen molar-refractivity contribution in [1.29, 1.82) is 0 Å². The van der Waals surface area contributed by atoms with Crippen molar-refractivity contribution < 1.29 is 4.39 Å². The Balaban J connectivity index is 3.79. The van der Waals surface area contributed by atoms with E-state index in [1.807, 2.05) is 0 Å². The van der Waals surface area contributed by atoms with Crippen LogP contribution in [0, 0.1) is 0 Å². The van der Waals surface area contributed by atoms with E-state index in [1.165, 1.54) is 0 Å². The van der Waals surface area contributed by atoms with Gasteiger partial charge < -0.3 is 0 Å². The molecule has 0 amide bonds. The summed E-state index contributed by atoms with van der Waals surface area (Å²) in [5.41, 5.74) is 0. The van der Waals surface area contributed by atoms with Crippen LogP contribution < -0.4 is 0 Å². The Kier molecular flexibility index (Phi) is 2.38. The maximum Gasteiger partial charge on any atom is 0.241 e. The summed E-state index contributed by atoms with van der Waals surface area (Å²) in [6, 6.07) is 0. The molecule has 0 aromatic carbocycles. The second kappa shape index (κ2) is 2.21. The van der Waals surface area contributed by atoms with Crippen LogP contribution in [0.25, 0.3) is 0 Å². The molecule has 0 saturated carbocycles. The van der Waals surface area contributed by atoms with Crippen molar-refractivity contribution in [2.24, 2.45) is 0 Å². The Bertz CT molecular complexity index is 82.7. The molecule has 4 heteroatoms. The summed E-state index contributed by atoms with van der Waals surface area (Å²) in [4.78, 5) is 0. The van der Waals surface area contributed by atoms with Crippen molar-refractivity contribution >= 4 is 34.8 Å². The summed E-state index contributed by atoms with van der Waals surface area (Å²) >= 11 is 14.8. The van der Waals surface area contributed by atoms with Crippen molar-refractivity contribution in [2.45, 2.75) is 3.79 Å². The van der Waals surface area contributed by atoms with Crippen LogP contribution in [0.5, 0.6) is 0 Å². The van der Waals surface area contributed by atoms with Gasteiger partial charge in [-0.3, -0.25) is 0 Å².